The number of aliphatic carboxylic acids is 1. The lowest BCUT2D eigenvalue weighted by atomic mass is 9.92. The van der Waals surface area contributed by atoms with Gasteiger partial charge in [0.05, 0.1) is 5.41 Å². The molecule has 0 aromatic carbocycles. The summed E-state index contributed by atoms with van der Waals surface area (Å²) >= 11 is 0. The molecule has 0 saturated carbocycles. The van der Waals surface area contributed by atoms with Crippen LogP contribution >= 0.6 is 0 Å². The van der Waals surface area contributed by atoms with Gasteiger partial charge in [0.2, 0.25) is 0 Å². The number of rotatable bonds is 4. The van der Waals surface area contributed by atoms with Gasteiger partial charge in [-0.15, -0.1) is 0 Å². The average molecular weight is 200 g/mol. The van der Waals surface area contributed by atoms with Crippen LogP contribution in [0.4, 0.5) is 0 Å². The lowest BCUT2D eigenvalue weighted by molar-refractivity contribution is -0.148. The number of likely N-dealkylation sites (N-methyl/N-ethyl adjacent to an activating group) is 1. The van der Waals surface area contributed by atoms with Crippen LogP contribution in [-0.2, 0) is 4.79 Å². The molecule has 0 radical (unpaired) electrons. The molecule has 4 nitrogen and oxygen atoms in total. The molecule has 4 heteroatoms. The molecule has 1 rings (SSSR count). The highest BCUT2D eigenvalue weighted by Gasteiger charge is 2.31. The molecule has 0 aromatic heterocycles. The van der Waals surface area contributed by atoms with Crippen LogP contribution in [0.25, 0.3) is 0 Å². The van der Waals surface area contributed by atoms with Gasteiger partial charge in [0, 0.05) is 19.1 Å². The van der Waals surface area contributed by atoms with Crippen LogP contribution in [0.15, 0.2) is 0 Å². The van der Waals surface area contributed by atoms with E-state index in [0.717, 1.165) is 19.5 Å². The lowest BCUT2D eigenvalue weighted by Gasteiger charge is -2.30. The van der Waals surface area contributed by atoms with E-state index in [-0.39, 0.29) is 0 Å². The van der Waals surface area contributed by atoms with Gasteiger partial charge >= 0.3 is 5.97 Å². The monoisotopic (exact) mass is 200 g/mol. The molecule has 0 spiro atoms. The van der Waals surface area contributed by atoms with E-state index in [1.54, 1.807) is 13.8 Å². The van der Waals surface area contributed by atoms with Crippen molar-refractivity contribution in [3.63, 3.8) is 0 Å². The van der Waals surface area contributed by atoms with E-state index >= 15 is 0 Å². The van der Waals surface area contributed by atoms with E-state index in [4.69, 9.17) is 5.11 Å². The first kappa shape index (κ1) is 11.5. The van der Waals surface area contributed by atoms with Gasteiger partial charge < -0.3 is 15.3 Å². The Balaban J connectivity index is 2.46. The zero-order chi connectivity index (χ0) is 10.8. The van der Waals surface area contributed by atoms with Crippen molar-refractivity contribution in [2.45, 2.75) is 26.3 Å². The SMILES string of the molecule is CN(CC(C)(C)C(=O)O)C1CCNC1. The number of carboxylic acid groups (broad SMARTS) is 1. The Morgan fingerprint density at radius 1 is 1.64 bits per heavy atom. The summed E-state index contributed by atoms with van der Waals surface area (Å²) in [5.74, 6) is -0.727. The third-order valence-corrected chi connectivity index (χ3v) is 2.88. The van der Waals surface area contributed by atoms with Crippen molar-refractivity contribution in [3.05, 3.63) is 0 Å². The fraction of sp³-hybridized carbons (Fsp3) is 0.900. The van der Waals surface area contributed by atoms with E-state index < -0.39 is 11.4 Å². The Morgan fingerprint density at radius 3 is 2.71 bits per heavy atom. The summed E-state index contributed by atoms with van der Waals surface area (Å²) in [6.45, 7) is 6.17. The summed E-state index contributed by atoms with van der Waals surface area (Å²) in [5, 5.41) is 12.3. The van der Waals surface area contributed by atoms with Crippen LogP contribution in [0.1, 0.15) is 20.3 Å². The van der Waals surface area contributed by atoms with E-state index in [1.165, 1.54) is 0 Å². The van der Waals surface area contributed by atoms with E-state index in [0.29, 0.717) is 12.6 Å². The molecule has 2 N–H and O–H groups in total. The number of carbonyl (C=O) groups is 1. The van der Waals surface area contributed by atoms with Crippen LogP contribution < -0.4 is 5.32 Å². The van der Waals surface area contributed by atoms with E-state index in [1.807, 2.05) is 7.05 Å². The van der Waals surface area contributed by atoms with Crippen LogP contribution in [0.2, 0.25) is 0 Å². The molecule has 1 aliphatic rings. The predicted molar refractivity (Wildman–Crippen MR) is 55.3 cm³/mol. The maximum Gasteiger partial charge on any atom is 0.310 e. The van der Waals surface area contributed by atoms with Gasteiger partial charge in [0.15, 0.2) is 0 Å². The second-order valence-corrected chi connectivity index (χ2v) is 4.75. The number of nitrogens with zero attached hydrogens (tertiary/aromatic N) is 1. The highest BCUT2D eigenvalue weighted by atomic mass is 16.4. The summed E-state index contributed by atoms with van der Waals surface area (Å²) in [7, 11) is 2.00. The summed E-state index contributed by atoms with van der Waals surface area (Å²) in [5.41, 5.74) is -0.655. The third-order valence-electron chi connectivity index (χ3n) is 2.88. The van der Waals surface area contributed by atoms with Gasteiger partial charge in [-0.25, -0.2) is 0 Å². The molecule has 82 valence electrons. The first-order valence-electron chi connectivity index (χ1n) is 5.08. The highest BCUT2D eigenvalue weighted by molar-refractivity contribution is 5.73. The van der Waals surface area contributed by atoms with Gasteiger partial charge in [-0.1, -0.05) is 0 Å². The van der Waals surface area contributed by atoms with Crippen LogP contribution in [0, 0.1) is 5.41 Å². The van der Waals surface area contributed by atoms with Gasteiger partial charge in [0.25, 0.3) is 0 Å². The summed E-state index contributed by atoms with van der Waals surface area (Å²) in [6.07, 6.45) is 1.12. The highest BCUT2D eigenvalue weighted by Crippen LogP contribution is 2.19. The molecule has 1 aliphatic heterocycles. The normalized spacial score (nSPS) is 23.0. The quantitative estimate of drug-likeness (QED) is 0.689. The minimum absolute atomic E-state index is 0.494. The van der Waals surface area contributed by atoms with Gasteiger partial charge in [-0.2, -0.15) is 0 Å². The zero-order valence-electron chi connectivity index (χ0n) is 9.21. The second-order valence-electron chi connectivity index (χ2n) is 4.75. The van der Waals surface area contributed by atoms with Crippen molar-refractivity contribution < 1.29 is 9.90 Å². The fourth-order valence-electron chi connectivity index (χ4n) is 1.84. The molecule has 1 unspecified atom stereocenters. The molecule has 0 bridgehead atoms. The molecule has 1 heterocycles. The molecule has 0 aromatic rings. The predicted octanol–water partition coefficient (Wildman–Crippen LogP) is 0.391. The first-order chi connectivity index (χ1) is 6.43. The molecule has 1 fully saturated rings. The van der Waals surface area contributed by atoms with Gasteiger partial charge in [-0.05, 0) is 33.9 Å². The Kier molecular flexibility index (Phi) is 3.50. The maximum absolute atomic E-state index is 10.9. The van der Waals surface area contributed by atoms with Crippen molar-refractivity contribution in [1.82, 2.24) is 10.2 Å². The minimum atomic E-state index is -0.727. The van der Waals surface area contributed by atoms with Crippen molar-refractivity contribution in [1.29, 1.82) is 0 Å². The smallest absolute Gasteiger partial charge is 0.310 e. The van der Waals surface area contributed by atoms with Crippen LogP contribution in [0.5, 0.6) is 0 Å². The maximum atomic E-state index is 10.9. The van der Waals surface area contributed by atoms with E-state index in [2.05, 4.69) is 10.2 Å². The number of hydrogen-bond donors (Lipinski definition) is 2. The van der Waals surface area contributed by atoms with Crippen molar-refractivity contribution in [3.8, 4) is 0 Å². The topological polar surface area (TPSA) is 52.6 Å². The molecular weight excluding hydrogens is 180 g/mol. The molecule has 1 saturated heterocycles. The number of nitrogens with one attached hydrogen (secondary N) is 1. The number of hydrogen-bond acceptors (Lipinski definition) is 3. The number of carboxylic acids is 1. The van der Waals surface area contributed by atoms with Crippen molar-refractivity contribution >= 4 is 5.97 Å². The molecule has 1 atom stereocenters. The average Bonchev–Trinajstić information content (AvgIpc) is 2.54. The van der Waals surface area contributed by atoms with Crippen LogP contribution in [0.3, 0.4) is 0 Å². The third kappa shape index (κ3) is 2.69. The Hall–Kier alpha value is -0.610. The summed E-state index contributed by atoms with van der Waals surface area (Å²) in [4.78, 5) is 13.1. The second kappa shape index (κ2) is 4.28. The zero-order valence-corrected chi connectivity index (χ0v) is 9.21. The lowest BCUT2D eigenvalue weighted by Crippen LogP contribution is -2.43. The van der Waals surface area contributed by atoms with Crippen molar-refractivity contribution in [2.24, 2.45) is 5.41 Å². The molecule has 0 aliphatic carbocycles. The molecule has 0 amide bonds. The largest absolute Gasteiger partial charge is 0.481 e. The summed E-state index contributed by atoms with van der Waals surface area (Å²) in [6, 6.07) is 0.494. The Bertz CT molecular complexity index is 210. The molecular formula is C10H20N2O2. The summed E-state index contributed by atoms with van der Waals surface area (Å²) < 4.78 is 0. The van der Waals surface area contributed by atoms with Gasteiger partial charge in [-0.3, -0.25) is 4.79 Å². The first-order valence-corrected chi connectivity index (χ1v) is 5.08. The Labute approximate surface area is 85.3 Å². The standard InChI is InChI=1S/C10H20N2O2/c1-10(2,9(13)14)7-12(3)8-4-5-11-6-8/h8,11H,4-7H2,1-3H3,(H,13,14). The van der Waals surface area contributed by atoms with Crippen LogP contribution in [-0.4, -0.2) is 48.7 Å². The molecule has 14 heavy (non-hydrogen) atoms. The fourth-order valence-corrected chi connectivity index (χ4v) is 1.84. The van der Waals surface area contributed by atoms with Crippen molar-refractivity contribution in [2.75, 3.05) is 26.7 Å². The minimum Gasteiger partial charge on any atom is -0.481 e. The van der Waals surface area contributed by atoms with Gasteiger partial charge in [0.1, 0.15) is 0 Å². The van der Waals surface area contributed by atoms with E-state index in [9.17, 15) is 4.79 Å². The Morgan fingerprint density at radius 2 is 2.29 bits per heavy atom.